The van der Waals surface area contributed by atoms with E-state index in [2.05, 4.69) is 16.0 Å². The molecule has 172 valence electrons. The van der Waals surface area contributed by atoms with E-state index in [-0.39, 0.29) is 37.2 Å². The molecule has 11 nitrogen and oxygen atoms in total. The van der Waals surface area contributed by atoms with Crippen LogP contribution in [0.2, 0.25) is 0 Å². The zero-order chi connectivity index (χ0) is 21.7. The van der Waals surface area contributed by atoms with E-state index in [9.17, 15) is 24.9 Å². The van der Waals surface area contributed by atoms with Crippen molar-refractivity contribution in [1.29, 1.82) is 0 Å². The molecule has 0 bridgehead atoms. The number of ether oxygens (including phenoxy) is 2. The normalized spacial score (nSPS) is 38.1. The van der Waals surface area contributed by atoms with Crippen molar-refractivity contribution in [2.45, 2.75) is 73.7 Å². The Hall–Kier alpha value is -1.15. The van der Waals surface area contributed by atoms with E-state index in [1.54, 1.807) is 0 Å². The quantitative estimate of drug-likeness (QED) is 0.142. The topological polar surface area (TPSA) is 170 Å². The third-order valence-electron chi connectivity index (χ3n) is 5.64. The number of amides is 3. The predicted molar refractivity (Wildman–Crippen MR) is 107 cm³/mol. The minimum Gasteiger partial charge on any atom is -0.394 e. The van der Waals surface area contributed by atoms with Gasteiger partial charge >= 0.3 is 6.03 Å². The summed E-state index contributed by atoms with van der Waals surface area (Å²) in [4.78, 5) is 23.3. The molecule has 0 radical (unpaired) electrons. The van der Waals surface area contributed by atoms with Crippen LogP contribution in [0.5, 0.6) is 0 Å². The van der Waals surface area contributed by atoms with Gasteiger partial charge in [0.1, 0.15) is 24.4 Å². The monoisotopic (exact) mass is 449 g/mol. The molecule has 3 amide bonds. The summed E-state index contributed by atoms with van der Waals surface area (Å²) in [7, 11) is 0. The Kier molecular flexibility index (Phi) is 8.57. The van der Waals surface area contributed by atoms with Crippen molar-refractivity contribution in [3.8, 4) is 0 Å². The SMILES string of the molecule is O=C(CCCC[C@@H]1SC[C@@H]2NC(=O)N[C@@H]21)NCCO[C@H]1O[C@H](CO)[C@@H](O)[C@H](O)[C@@H]1O. The van der Waals surface area contributed by atoms with Crippen molar-refractivity contribution in [3.63, 3.8) is 0 Å². The number of carbonyl (C=O) groups is 2. The molecule has 7 N–H and O–H groups in total. The lowest BCUT2D eigenvalue weighted by Crippen LogP contribution is -2.59. The number of unbranched alkanes of at least 4 members (excludes halogenated alkanes) is 1. The van der Waals surface area contributed by atoms with Crippen LogP contribution >= 0.6 is 11.8 Å². The molecule has 0 spiro atoms. The molecule has 0 saturated carbocycles. The van der Waals surface area contributed by atoms with Gasteiger partial charge in [-0.3, -0.25) is 4.79 Å². The van der Waals surface area contributed by atoms with Crippen LogP contribution < -0.4 is 16.0 Å². The number of aliphatic hydroxyl groups is 4. The molecule has 0 unspecified atom stereocenters. The lowest BCUT2D eigenvalue weighted by atomic mass is 9.99. The summed E-state index contributed by atoms with van der Waals surface area (Å²) in [6.45, 7) is -0.276. The van der Waals surface area contributed by atoms with Crippen LogP contribution in [0.4, 0.5) is 4.79 Å². The van der Waals surface area contributed by atoms with Gasteiger partial charge in [-0.05, 0) is 12.8 Å². The molecule has 0 aliphatic carbocycles. The van der Waals surface area contributed by atoms with Gasteiger partial charge in [0.25, 0.3) is 0 Å². The Labute approximate surface area is 178 Å². The maximum absolute atomic E-state index is 11.9. The van der Waals surface area contributed by atoms with Crippen molar-refractivity contribution in [1.82, 2.24) is 16.0 Å². The van der Waals surface area contributed by atoms with Crippen LogP contribution in [0.3, 0.4) is 0 Å². The molecule has 3 aliphatic heterocycles. The first-order chi connectivity index (χ1) is 14.4. The zero-order valence-corrected chi connectivity index (χ0v) is 17.4. The smallest absolute Gasteiger partial charge is 0.315 e. The standard InChI is InChI=1S/C18H31N3O8S/c22-7-10-14(24)15(25)16(26)17(29-10)28-6-5-19-12(23)4-2-1-3-11-13-9(8-30-11)20-18(27)21-13/h9-11,13-17,22,24-26H,1-8H2,(H,19,23)(H2,20,21,27)/t9-,10+,11-,13-,14+,15-,16-,17-/m0/s1. The molecule has 30 heavy (non-hydrogen) atoms. The molecule has 0 aromatic rings. The molecule has 3 aliphatic rings. The summed E-state index contributed by atoms with van der Waals surface area (Å²) in [5.74, 6) is 0.809. The third kappa shape index (κ3) is 5.75. The van der Waals surface area contributed by atoms with E-state index in [0.29, 0.717) is 11.7 Å². The molecular formula is C18H31N3O8S. The van der Waals surface area contributed by atoms with E-state index < -0.39 is 37.3 Å². The summed E-state index contributed by atoms with van der Waals surface area (Å²) in [6.07, 6.45) is -3.62. The average molecular weight is 450 g/mol. The number of nitrogens with one attached hydrogen (secondary N) is 3. The third-order valence-corrected chi connectivity index (χ3v) is 7.14. The maximum atomic E-state index is 11.9. The maximum Gasteiger partial charge on any atom is 0.315 e. The number of hydrogen-bond acceptors (Lipinski definition) is 9. The zero-order valence-electron chi connectivity index (χ0n) is 16.6. The minimum absolute atomic E-state index is 0.0446. The number of fused-ring (bicyclic) bond motifs is 1. The molecule has 3 saturated heterocycles. The molecule has 3 heterocycles. The Morgan fingerprint density at radius 2 is 2.00 bits per heavy atom. The minimum atomic E-state index is -1.49. The van der Waals surface area contributed by atoms with Gasteiger partial charge < -0.3 is 45.9 Å². The Bertz CT molecular complexity index is 598. The van der Waals surface area contributed by atoms with E-state index >= 15 is 0 Å². The van der Waals surface area contributed by atoms with Crippen LogP contribution in [0, 0.1) is 0 Å². The molecule has 8 atom stereocenters. The van der Waals surface area contributed by atoms with Gasteiger partial charge in [0.2, 0.25) is 5.91 Å². The number of rotatable bonds is 10. The van der Waals surface area contributed by atoms with Crippen LogP contribution in [-0.2, 0) is 14.3 Å². The first kappa shape index (κ1) is 23.5. The van der Waals surface area contributed by atoms with Gasteiger partial charge in [0, 0.05) is 24.0 Å². The summed E-state index contributed by atoms with van der Waals surface area (Å²) in [5, 5.41) is 47.4. The van der Waals surface area contributed by atoms with Crippen molar-refractivity contribution < 1.29 is 39.5 Å². The highest BCUT2D eigenvalue weighted by atomic mass is 32.2. The van der Waals surface area contributed by atoms with Crippen molar-refractivity contribution in [2.24, 2.45) is 0 Å². The second kappa shape index (κ2) is 10.9. The van der Waals surface area contributed by atoms with Gasteiger partial charge in [0.05, 0.1) is 25.3 Å². The van der Waals surface area contributed by atoms with Crippen LogP contribution in [-0.4, -0.2) is 106 Å². The summed E-state index contributed by atoms with van der Waals surface area (Å²) in [6, 6.07) is 0.288. The van der Waals surface area contributed by atoms with E-state index in [1.165, 1.54) is 0 Å². The molecule has 12 heteroatoms. The highest BCUT2D eigenvalue weighted by Gasteiger charge is 2.44. The Morgan fingerprint density at radius 1 is 1.20 bits per heavy atom. The van der Waals surface area contributed by atoms with Gasteiger partial charge in [-0.15, -0.1) is 0 Å². The van der Waals surface area contributed by atoms with Crippen LogP contribution in [0.25, 0.3) is 0 Å². The van der Waals surface area contributed by atoms with Gasteiger partial charge in [0.15, 0.2) is 6.29 Å². The first-order valence-corrected chi connectivity index (χ1v) is 11.3. The number of hydrogen-bond donors (Lipinski definition) is 7. The number of aliphatic hydroxyl groups excluding tert-OH is 4. The summed E-state index contributed by atoms with van der Waals surface area (Å²) in [5.41, 5.74) is 0. The highest BCUT2D eigenvalue weighted by Crippen LogP contribution is 2.33. The second-order valence-electron chi connectivity index (χ2n) is 7.79. The van der Waals surface area contributed by atoms with Gasteiger partial charge in [-0.25, -0.2) is 4.79 Å². The fourth-order valence-corrected chi connectivity index (χ4v) is 5.48. The molecule has 3 fully saturated rings. The van der Waals surface area contributed by atoms with E-state index in [1.807, 2.05) is 11.8 Å². The largest absolute Gasteiger partial charge is 0.394 e. The second-order valence-corrected chi connectivity index (χ2v) is 9.06. The molecule has 0 aromatic heterocycles. The summed E-state index contributed by atoms with van der Waals surface area (Å²) >= 11 is 1.85. The van der Waals surface area contributed by atoms with E-state index in [4.69, 9.17) is 14.6 Å². The fraction of sp³-hybridized carbons (Fsp3) is 0.889. The molecule has 3 rings (SSSR count). The molecule has 0 aromatic carbocycles. The highest BCUT2D eigenvalue weighted by molar-refractivity contribution is 8.00. The van der Waals surface area contributed by atoms with Crippen molar-refractivity contribution in [3.05, 3.63) is 0 Å². The number of carbonyl (C=O) groups excluding carboxylic acids is 2. The fourth-order valence-electron chi connectivity index (χ4n) is 3.93. The predicted octanol–water partition coefficient (Wildman–Crippen LogP) is -2.36. The molecular weight excluding hydrogens is 418 g/mol. The number of urea groups is 1. The van der Waals surface area contributed by atoms with Crippen molar-refractivity contribution >= 4 is 23.7 Å². The lowest BCUT2D eigenvalue weighted by Gasteiger charge is -2.39. The van der Waals surface area contributed by atoms with Crippen LogP contribution in [0.1, 0.15) is 25.7 Å². The number of thioether (sulfide) groups is 1. The van der Waals surface area contributed by atoms with E-state index in [0.717, 1.165) is 25.0 Å². The summed E-state index contributed by atoms with van der Waals surface area (Å²) < 4.78 is 10.6. The first-order valence-electron chi connectivity index (χ1n) is 10.3. The Balaban J connectivity index is 1.24. The van der Waals surface area contributed by atoms with Gasteiger partial charge in [-0.1, -0.05) is 6.42 Å². The average Bonchev–Trinajstić information content (AvgIpc) is 3.27. The lowest BCUT2D eigenvalue weighted by molar-refractivity contribution is -0.300. The van der Waals surface area contributed by atoms with Crippen LogP contribution in [0.15, 0.2) is 0 Å². The Morgan fingerprint density at radius 3 is 2.77 bits per heavy atom. The van der Waals surface area contributed by atoms with Crippen molar-refractivity contribution in [2.75, 3.05) is 25.5 Å². The van der Waals surface area contributed by atoms with Gasteiger partial charge in [-0.2, -0.15) is 11.8 Å².